The first-order valence-corrected chi connectivity index (χ1v) is 13.0. The van der Waals surface area contributed by atoms with E-state index >= 15 is 0 Å². The monoisotopic (exact) mass is 448 g/mol. The second-order valence-corrected chi connectivity index (χ2v) is 10.4. The summed E-state index contributed by atoms with van der Waals surface area (Å²) in [6.45, 7) is 3.61. The summed E-state index contributed by atoms with van der Waals surface area (Å²) < 4.78 is 28.0. The fourth-order valence-electron chi connectivity index (χ4n) is 4.41. The Hall–Kier alpha value is -2.47. The van der Waals surface area contributed by atoms with E-state index in [1.807, 2.05) is 42.5 Å². The smallest absolute Gasteiger partial charge is 0.240 e. The molecular formula is C27H32N2O2S. The molecule has 1 heterocycles. The summed E-state index contributed by atoms with van der Waals surface area (Å²) in [5.41, 5.74) is 3.52. The van der Waals surface area contributed by atoms with E-state index in [2.05, 4.69) is 40.0 Å². The minimum atomic E-state index is -3.47. The van der Waals surface area contributed by atoms with Gasteiger partial charge in [-0.1, -0.05) is 72.8 Å². The fourth-order valence-corrected chi connectivity index (χ4v) is 5.49. The highest BCUT2D eigenvalue weighted by Crippen LogP contribution is 2.22. The molecule has 1 aliphatic heterocycles. The van der Waals surface area contributed by atoms with E-state index in [1.54, 1.807) is 12.1 Å². The Bertz CT molecular complexity index is 1060. The van der Waals surface area contributed by atoms with Crippen molar-refractivity contribution < 1.29 is 8.42 Å². The predicted molar refractivity (Wildman–Crippen MR) is 131 cm³/mol. The molecule has 0 spiro atoms. The van der Waals surface area contributed by atoms with Gasteiger partial charge < -0.3 is 4.90 Å². The van der Waals surface area contributed by atoms with Crippen molar-refractivity contribution in [3.05, 3.63) is 90.5 Å². The van der Waals surface area contributed by atoms with Gasteiger partial charge in [0.05, 0.1) is 4.90 Å². The van der Waals surface area contributed by atoms with Gasteiger partial charge in [0.2, 0.25) is 10.0 Å². The highest BCUT2D eigenvalue weighted by atomic mass is 32.2. The summed E-state index contributed by atoms with van der Waals surface area (Å²) >= 11 is 0. The molecule has 0 aliphatic carbocycles. The summed E-state index contributed by atoms with van der Waals surface area (Å²) in [5, 5.41) is 0. The lowest BCUT2D eigenvalue weighted by Crippen LogP contribution is -2.36. The molecule has 32 heavy (non-hydrogen) atoms. The van der Waals surface area contributed by atoms with Crippen molar-refractivity contribution in [1.82, 2.24) is 9.62 Å². The summed E-state index contributed by atoms with van der Waals surface area (Å²) in [5.74, 6) is 0.756. The highest BCUT2D eigenvalue weighted by Gasteiger charge is 2.19. The van der Waals surface area contributed by atoms with Crippen molar-refractivity contribution >= 4 is 10.0 Å². The molecule has 1 aliphatic rings. The molecule has 4 nitrogen and oxygen atoms in total. The van der Waals surface area contributed by atoms with Gasteiger partial charge in [0.1, 0.15) is 0 Å². The molecule has 0 saturated carbocycles. The Labute approximate surface area is 192 Å². The Kier molecular flexibility index (Phi) is 7.74. The van der Waals surface area contributed by atoms with Crippen LogP contribution in [0, 0.1) is 5.92 Å². The van der Waals surface area contributed by atoms with Crippen LogP contribution >= 0.6 is 0 Å². The SMILES string of the molecule is O=S(=O)(NCCCN1CCC(Cc2ccccc2)CC1)c1ccc(-c2ccccc2)cc1. The van der Waals surface area contributed by atoms with Crippen molar-refractivity contribution in [1.29, 1.82) is 0 Å². The van der Waals surface area contributed by atoms with E-state index < -0.39 is 10.0 Å². The van der Waals surface area contributed by atoms with Crippen molar-refractivity contribution in [2.75, 3.05) is 26.2 Å². The zero-order valence-corrected chi connectivity index (χ0v) is 19.3. The Morgan fingerprint density at radius 3 is 2.03 bits per heavy atom. The van der Waals surface area contributed by atoms with Crippen molar-refractivity contribution in [3.63, 3.8) is 0 Å². The van der Waals surface area contributed by atoms with Gasteiger partial charge in [0, 0.05) is 6.54 Å². The average molecular weight is 449 g/mol. The average Bonchev–Trinajstić information content (AvgIpc) is 2.84. The number of piperidine rings is 1. The minimum absolute atomic E-state index is 0.318. The first kappa shape index (κ1) is 22.7. The van der Waals surface area contributed by atoms with Crippen LogP contribution in [0.15, 0.2) is 89.8 Å². The summed E-state index contributed by atoms with van der Waals surface area (Å²) in [6, 6.07) is 27.8. The van der Waals surface area contributed by atoms with Gasteiger partial charge in [-0.2, -0.15) is 0 Å². The van der Waals surface area contributed by atoms with Gasteiger partial charge in [0.25, 0.3) is 0 Å². The molecule has 0 aromatic heterocycles. The number of likely N-dealkylation sites (tertiary alicyclic amines) is 1. The maximum atomic E-state index is 12.6. The molecule has 3 aromatic rings. The van der Waals surface area contributed by atoms with Crippen LogP contribution in [0.2, 0.25) is 0 Å². The lowest BCUT2D eigenvalue weighted by molar-refractivity contribution is 0.183. The largest absolute Gasteiger partial charge is 0.303 e. The molecular weight excluding hydrogens is 416 g/mol. The maximum absolute atomic E-state index is 12.6. The Morgan fingerprint density at radius 2 is 1.38 bits per heavy atom. The normalized spacial score (nSPS) is 15.6. The number of nitrogens with one attached hydrogen (secondary N) is 1. The third-order valence-corrected chi connectivity index (χ3v) is 7.77. The molecule has 168 valence electrons. The highest BCUT2D eigenvalue weighted by molar-refractivity contribution is 7.89. The van der Waals surface area contributed by atoms with Crippen LogP contribution in [0.25, 0.3) is 11.1 Å². The van der Waals surface area contributed by atoms with Crippen LogP contribution in [-0.4, -0.2) is 39.5 Å². The fraction of sp³-hybridized carbons (Fsp3) is 0.333. The second-order valence-electron chi connectivity index (χ2n) is 8.62. The molecule has 1 N–H and O–H groups in total. The molecule has 0 unspecified atom stereocenters. The van der Waals surface area contributed by atoms with Crippen LogP contribution in [0.1, 0.15) is 24.8 Å². The number of rotatable bonds is 9. The molecule has 1 saturated heterocycles. The number of sulfonamides is 1. The third kappa shape index (κ3) is 6.28. The zero-order valence-electron chi connectivity index (χ0n) is 18.5. The van der Waals surface area contributed by atoms with Gasteiger partial charge in [-0.05, 0) is 80.1 Å². The van der Waals surface area contributed by atoms with Gasteiger partial charge in [-0.25, -0.2) is 13.1 Å². The molecule has 1 fully saturated rings. The first-order valence-electron chi connectivity index (χ1n) is 11.5. The van der Waals surface area contributed by atoms with Gasteiger partial charge in [-0.3, -0.25) is 0 Å². The van der Waals surface area contributed by atoms with Crippen LogP contribution in [0.3, 0.4) is 0 Å². The van der Waals surface area contributed by atoms with Crippen LogP contribution < -0.4 is 4.72 Å². The summed E-state index contributed by atoms with van der Waals surface area (Å²) in [6.07, 6.45) is 4.42. The van der Waals surface area contributed by atoms with E-state index in [4.69, 9.17) is 0 Å². The number of hydrogen-bond acceptors (Lipinski definition) is 3. The summed E-state index contributed by atoms with van der Waals surface area (Å²) in [4.78, 5) is 2.78. The van der Waals surface area contributed by atoms with Crippen LogP contribution in [0.5, 0.6) is 0 Å². The Morgan fingerprint density at radius 1 is 0.781 bits per heavy atom. The first-order chi connectivity index (χ1) is 15.6. The second kappa shape index (κ2) is 10.9. The molecule has 4 rings (SSSR count). The summed E-state index contributed by atoms with van der Waals surface area (Å²) in [7, 11) is -3.47. The van der Waals surface area contributed by atoms with E-state index in [9.17, 15) is 8.42 Å². The molecule has 0 atom stereocenters. The minimum Gasteiger partial charge on any atom is -0.303 e. The van der Waals surface area contributed by atoms with E-state index in [-0.39, 0.29) is 0 Å². The number of nitrogens with zero attached hydrogens (tertiary/aromatic N) is 1. The topological polar surface area (TPSA) is 49.4 Å². The van der Waals surface area contributed by atoms with E-state index in [1.165, 1.54) is 18.4 Å². The zero-order chi connectivity index (χ0) is 22.2. The lowest BCUT2D eigenvalue weighted by atomic mass is 9.90. The van der Waals surface area contributed by atoms with E-state index in [0.29, 0.717) is 11.4 Å². The third-order valence-electron chi connectivity index (χ3n) is 6.29. The van der Waals surface area contributed by atoms with E-state index in [0.717, 1.165) is 49.5 Å². The maximum Gasteiger partial charge on any atom is 0.240 e. The molecule has 0 radical (unpaired) electrons. The molecule has 5 heteroatoms. The predicted octanol–water partition coefficient (Wildman–Crippen LogP) is 4.98. The molecule has 3 aromatic carbocycles. The van der Waals surface area contributed by atoms with Crippen molar-refractivity contribution in [3.8, 4) is 11.1 Å². The van der Waals surface area contributed by atoms with Gasteiger partial charge >= 0.3 is 0 Å². The van der Waals surface area contributed by atoms with Crippen molar-refractivity contribution in [2.45, 2.75) is 30.6 Å². The molecule has 0 amide bonds. The Balaban J connectivity index is 1.18. The van der Waals surface area contributed by atoms with Gasteiger partial charge in [0.15, 0.2) is 0 Å². The van der Waals surface area contributed by atoms with Gasteiger partial charge in [-0.15, -0.1) is 0 Å². The van der Waals surface area contributed by atoms with Crippen molar-refractivity contribution in [2.24, 2.45) is 5.92 Å². The van der Waals surface area contributed by atoms with Crippen LogP contribution in [-0.2, 0) is 16.4 Å². The number of benzene rings is 3. The lowest BCUT2D eigenvalue weighted by Gasteiger charge is -2.32. The van der Waals surface area contributed by atoms with Crippen LogP contribution in [0.4, 0.5) is 0 Å². The molecule has 0 bridgehead atoms. The quantitative estimate of drug-likeness (QED) is 0.470. The standard InChI is InChI=1S/C27H32N2O2S/c30-32(31,27-14-12-26(13-15-27)25-10-5-2-6-11-25)28-18-7-19-29-20-16-24(17-21-29)22-23-8-3-1-4-9-23/h1-6,8-15,24,28H,7,16-22H2. The number of hydrogen-bond donors (Lipinski definition) is 1.